The average Bonchev–Trinajstić information content (AvgIpc) is 2.83. The molecule has 0 bridgehead atoms. The molecule has 5 nitrogen and oxygen atoms in total. The van der Waals surface area contributed by atoms with Gasteiger partial charge in [-0.05, 0) is 12.8 Å². The second-order valence-corrected chi connectivity index (χ2v) is 5.18. The van der Waals surface area contributed by atoms with E-state index in [1.807, 2.05) is 12.1 Å². The molecule has 0 unspecified atom stereocenters. The Morgan fingerprint density at radius 3 is 2.76 bits per heavy atom. The molecule has 2 heterocycles. The first-order chi connectivity index (χ1) is 10.3. The van der Waals surface area contributed by atoms with Gasteiger partial charge in [0.1, 0.15) is 19.0 Å². The van der Waals surface area contributed by atoms with Crippen molar-refractivity contribution < 1.29 is 9.47 Å². The summed E-state index contributed by atoms with van der Waals surface area (Å²) in [6.45, 7) is 4.14. The molecule has 1 aliphatic rings. The molecule has 0 N–H and O–H groups in total. The van der Waals surface area contributed by atoms with Crippen molar-refractivity contribution >= 4 is 11.0 Å². The molecular formula is C16H19N3O2. The number of rotatable bonds is 5. The van der Waals surface area contributed by atoms with Crippen LogP contribution in [0.2, 0.25) is 0 Å². The highest BCUT2D eigenvalue weighted by Crippen LogP contribution is 2.35. The Hall–Kier alpha value is -2.22. The van der Waals surface area contributed by atoms with Crippen LogP contribution in [0.25, 0.3) is 11.0 Å². The van der Waals surface area contributed by atoms with Gasteiger partial charge in [-0.1, -0.05) is 6.92 Å². The molecule has 0 aliphatic carbocycles. The van der Waals surface area contributed by atoms with Gasteiger partial charge in [0.05, 0.1) is 17.1 Å². The van der Waals surface area contributed by atoms with E-state index in [1.54, 1.807) is 0 Å². The zero-order valence-corrected chi connectivity index (χ0v) is 12.3. The summed E-state index contributed by atoms with van der Waals surface area (Å²) in [6, 6.07) is 6.18. The maximum Gasteiger partial charge on any atom is 0.163 e. The fourth-order valence-electron chi connectivity index (χ4n) is 2.69. The van der Waals surface area contributed by atoms with Crippen molar-refractivity contribution in [2.24, 2.45) is 0 Å². The third-order valence-electron chi connectivity index (χ3n) is 3.64. The maximum absolute atomic E-state index is 8.73. The number of imidazole rings is 1. The smallest absolute Gasteiger partial charge is 0.163 e. The number of unbranched alkanes of at least 4 members (excludes halogenated alkanes) is 1. The minimum Gasteiger partial charge on any atom is -0.486 e. The number of ether oxygens (including phenoxy) is 2. The molecule has 0 spiro atoms. The van der Waals surface area contributed by atoms with Gasteiger partial charge in [0.15, 0.2) is 11.5 Å². The molecule has 1 aliphatic heterocycles. The lowest BCUT2D eigenvalue weighted by molar-refractivity contribution is 0.172. The van der Waals surface area contributed by atoms with Crippen LogP contribution in [-0.2, 0) is 13.0 Å². The summed E-state index contributed by atoms with van der Waals surface area (Å²) < 4.78 is 13.5. The second-order valence-electron chi connectivity index (χ2n) is 5.18. The van der Waals surface area contributed by atoms with Crippen LogP contribution in [0.4, 0.5) is 0 Å². The van der Waals surface area contributed by atoms with E-state index in [4.69, 9.17) is 19.7 Å². The third-order valence-corrected chi connectivity index (χ3v) is 3.64. The van der Waals surface area contributed by atoms with Crippen LogP contribution < -0.4 is 9.47 Å². The fourth-order valence-corrected chi connectivity index (χ4v) is 2.69. The van der Waals surface area contributed by atoms with E-state index in [0.29, 0.717) is 19.6 Å². The summed E-state index contributed by atoms with van der Waals surface area (Å²) in [5.41, 5.74) is 2.01. The van der Waals surface area contributed by atoms with E-state index in [2.05, 4.69) is 17.6 Å². The van der Waals surface area contributed by atoms with Gasteiger partial charge in [-0.3, -0.25) is 0 Å². The number of fused-ring (bicyclic) bond motifs is 2. The highest BCUT2D eigenvalue weighted by molar-refractivity contribution is 5.80. The first kappa shape index (κ1) is 13.7. The molecule has 5 heteroatoms. The van der Waals surface area contributed by atoms with Crippen molar-refractivity contribution in [1.82, 2.24) is 9.55 Å². The van der Waals surface area contributed by atoms with Gasteiger partial charge in [0.2, 0.25) is 0 Å². The van der Waals surface area contributed by atoms with Crippen LogP contribution in [0.3, 0.4) is 0 Å². The number of hydrogen-bond donors (Lipinski definition) is 0. The number of benzene rings is 1. The zero-order valence-electron chi connectivity index (χ0n) is 12.3. The average molecular weight is 285 g/mol. The molecule has 0 saturated heterocycles. The van der Waals surface area contributed by atoms with Crippen LogP contribution >= 0.6 is 0 Å². The van der Waals surface area contributed by atoms with Crippen LogP contribution in [0.1, 0.15) is 32.0 Å². The van der Waals surface area contributed by atoms with Crippen molar-refractivity contribution in [2.45, 2.75) is 39.2 Å². The summed E-state index contributed by atoms with van der Waals surface area (Å²) in [7, 11) is 0. The summed E-state index contributed by atoms with van der Waals surface area (Å²) in [5, 5.41) is 8.73. The topological polar surface area (TPSA) is 60.1 Å². The van der Waals surface area contributed by atoms with Crippen LogP contribution in [0.5, 0.6) is 11.5 Å². The number of hydrogen-bond acceptors (Lipinski definition) is 4. The minimum atomic E-state index is 0.565. The minimum absolute atomic E-state index is 0.565. The first-order valence-corrected chi connectivity index (χ1v) is 7.49. The van der Waals surface area contributed by atoms with Gasteiger partial charge in [0, 0.05) is 31.5 Å². The highest BCUT2D eigenvalue weighted by Gasteiger charge is 2.17. The molecule has 2 aromatic rings. The molecule has 3 rings (SSSR count). The summed E-state index contributed by atoms with van der Waals surface area (Å²) in [5.74, 6) is 2.64. The van der Waals surface area contributed by atoms with Crippen molar-refractivity contribution in [3.05, 3.63) is 18.0 Å². The Morgan fingerprint density at radius 1 is 1.29 bits per heavy atom. The van der Waals surface area contributed by atoms with Gasteiger partial charge < -0.3 is 14.0 Å². The standard InChI is InChI=1S/C16H19N3O2/c1-2-5-16-18-12-10-14-15(21-9-8-20-14)11-13(12)19(16)7-4-3-6-17/h10-11H,2-5,7-9H2,1H3. The molecule has 21 heavy (non-hydrogen) atoms. The predicted molar refractivity (Wildman–Crippen MR) is 79.6 cm³/mol. The Kier molecular flexibility index (Phi) is 3.96. The number of aryl methyl sites for hydroxylation is 2. The molecule has 1 aromatic heterocycles. The number of nitrogens with zero attached hydrogens (tertiary/aromatic N) is 3. The quantitative estimate of drug-likeness (QED) is 0.792. The monoisotopic (exact) mass is 285 g/mol. The molecule has 0 radical (unpaired) electrons. The van der Waals surface area contributed by atoms with E-state index in [-0.39, 0.29) is 0 Å². The molecule has 1 aromatic carbocycles. The van der Waals surface area contributed by atoms with Gasteiger partial charge in [0.25, 0.3) is 0 Å². The molecule has 0 atom stereocenters. The maximum atomic E-state index is 8.73. The zero-order chi connectivity index (χ0) is 14.7. The largest absolute Gasteiger partial charge is 0.486 e. The number of nitriles is 1. The number of aromatic nitrogens is 2. The molecular weight excluding hydrogens is 266 g/mol. The van der Waals surface area contributed by atoms with E-state index < -0.39 is 0 Å². The van der Waals surface area contributed by atoms with E-state index in [9.17, 15) is 0 Å². The van der Waals surface area contributed by atoms with Crippen LogP contribution in [0.15, 0.2) is 12.1 Å². The van der Waals surface area contributed by atoms with Crippen molar-refractivity contribution in [3.63, 3.8) is 0 Å². The first-order valence-electron chi connectivity index (χ1n) is 7.49. The summed E-state index contributed by atoms with van der Waals surface area (Å²) in [4.78, 5) is 4.73. The summed E-state index contributed by atoms with van der Waals surface area (Å²) >= 11 is 0. The van der Waals surface area contributed by atoms with E-state index in [0.717, 1.165) is 54.2 Å². The molecule has 0 fully saturated rings. The Bertz CT molecular complexity index is 685. The van der Waals surface area contributed by atoms with Crippen LogP contribution in [0, 0.1) is 11.3 Å². The Morgan fingerprint density at radius 2 is 2.05 bits per heavy atom. The summed E-state index contributed by atoms with van der Waals surface area (Å²) in [6.07, 6.45) is 3.39. The second kappa shape index (κ2) is 6.04. The lowest BCUT2D eigenvalue weighted by atomic mass is 10.2. The van der Waals surface area contributed by atoms with E-state index >= 15 is 0 Å². The van der Waals surface area contributed by atoms with Gasteiger partial charge in [-0.2, -0.15) is 5.26 Å². The lowest BCUT2D eigenvalue weighted by Crippen LogP contribution is -2.15. The Balaban J connectivity index is 2.03. The van der Waals surface area contributed by atoms with Crippen LogP contribution in [-0.4, -0.2) is 22.8 Å². The predicted octanol–water partition coefficient (Wildman–Crippen LogP) is 3.06. The third kappa shape index (κ3) is 2.66. The Labute approximate surface area is 124 Å². The van der Waals surface area contributed by atoms with Crippen molar-refractivity contribution in [1.29, 1.82) is 5.26 Å². The SMILES string of the molecule is CCCc1nc2cc3c(cc2n1CCCC#N)OCCO3. The molecule has 0 amide bonds. The van der Waals surface area contributed by atoms with Gasteiger partial charge in [-0.25, -0.2) is 4.98 Å². The van der Waals surface area contributed by atoms with Crippen molar-refractivity contribution in [3.8, 4) is 17.6 Å². The fraction of sp³-hybridized carbons (Fsp3) is 0.500. The van der Waals surface area contributed by atoms with Gasteiger partial charge >= 0.3 is 0 Å². The van der Waals surface area contributed by atoms with E-state index in [1.165, 1.54) is 0 Å². The highest BCUT2D eigenvalue weighted by atomic mass is 16.6. The van der Waals surface area contributed by atoms with Crippen molar-refractivity contribution in [2.75, 3.05) is 13.2 Å². The van der Waals surface area contributed by atoms with Gasteiger partial charge in [-0.15, -0.1) is 0 Å². The molecule has 0 saturated carbocycles. The molecule has 110 valence electrons. The normalized spacial score (nSPS) is 13.3. The lowest BCUT2D eigenvalue weighted by Gasteiger charge is -2.18.